The molecule has 9 nitrogen and oxygen atoms in total. The lowest BCUT2D eigenvalue weighted by Crippen LogP contribution is -2.44. The van der Waals surface area contributed by atoms with Crippen molar-refractivity contribution in [2.24, 2.45) is 5.92 Å². The van der Waals surface area contributed by atoms with Crippen LogP contribution in [0.2, 0.25) is 0 Å². The number of nitrogens with one attached hydrogen (secondary N) is 1. The Bertz CT molecular complexity index is 1180. The first-order valence-electron chi connectivity index (χ1n) is 11.6. The number of carbonyl (C=O) groups excluding carboxylic acids is 2. The van der Waals surface area contributed by atoms with Crippen LogP contribution in [0.25, 0.3) is 22.7 Å². The highest BCUT2D eigenvalue weighted by atomic mass is 16.2. The molecule has 3 aromatic heterocycles. The molecular formula is C24H29N7O2. The standard InChI is InChI=1S/C24H29N7O2/c1-29(2)24(33)19-9-5-8-17(25-19)21-26-18-10-11-20(27-22(18)28-21)31-14-6-7-16(15-31)23(32)30-12-3-4-13-30/h5,8-11,16H,3-4,6-7,12-15H2,1-2H3,(H,26,27,28). The number of nitrogens with zero attached hydrogens (tertiary/aromatic N) is 6. The predicted molar refractivity (Wildman–Crippen MR) is 126 cm³/mol. The van der Waals surface area contributed by atoms with E-state index in [1.807, 2.05) is 23.1 Å². The Balaban J connectivity index is 1.37. The topological polar surface area (TPSA) is 98.3 Å². The van der Waals surface area contributed by atoms with E-state index in [1.165, 1.54) is 4.90 Å². The average Bonchev–Trinajstić information content (AvgIpc) is 3.53. The Hall–Kier alpha value is -3.49. The second-order valence-electron chi connectivity index (χ2n) is 9.05. The lowest BCUT2D eigenvalue weighted by atomic mass is 9.96. The van der Waals surface area contributed by atoms with E-state index in [9.17, 15) is 9.59 Å². The summed E-state index contributed by atoms with van der Waals surface area (Å²) >= 11 is 0. The fraction of sp³-hybridized carbons (Fsp3) is 0.458. The Labute approximate surface area is 192 Å². The molecule has 2 fully saturated rings. The lowest BCUT2D eigenvalue weighted by molar-refractivity contribution is -0.134. The van der Waals surface area contributed by atoms with Gasteiger partial charge in [-0.05, 0) is 49.9 Å². The molecule has 0 saturated carbocycles. The van der Waals surface area contributed by atoms with Gasteiger partial charge >= 0.3 is 0 Å². The smallest absolute Gasteiger partial charge is 0.271 e. The number of piperidine rings is 1. The van der Waals surface area contributed by atoms with Crippen LogP contribution in [-0.2, 0) is 4.79 Å². The van der Waals surface area contributed by atoms with E-state index >= 15 is 0 Å². The molecule has 33 heavy (non-hydrogen) atoms. The van der Waals surface area contributed by atoms with Crippen LogP contribution >= 0.6 is 0 Å². The zero-order valence-electron chi connectivity index (χ0n) is 19.1. The Morgan fingerprint density at radius 3 is 2.61 bits per heavy atom. The quantitative estimate of drug-likeness (QED) is 0.660. The van der Waals surface area contributed by atoms with Gasteiger partial charge in [0.05, 0.1) is 5.92 Å². The van der Waals surface area contributed by atoms with Gasteiger partial charge in [0.25, 0.3) is 5.91 Å². The van der Waals surface area contributed by atoms with E-state index in [1.54, 1.807) is 26.2 Å². The van der Waals surface area contributed by atoms with Gasteiger partial charge in [-0.2, -0.15) is 0 Å². The molecule has 2 aliphatic heterocycles. The molecule has 2 saturated heterocycles. The molecular weight excluding hydrogens is 418 g/mol. The number of pyridine rings is 2. The third kappa shape index (κ3) is 4.27. The Morgan fingerprint density at radius 2 is 1.82 bits per heavy atom. The number of likely N-dealkylation sites (tertiary alicyclic amines) is 1. The van der Waals surface area contributed by atoms with Crippen molar-refractivity contribution in [2.45, 2.75) is 25.7 Å². The minimum atomic E-state index is -0.156. The molecule has 0 aromatic carbocycles. The zero-order valence-corrected chi connectivity index (χ0v) is 19.1. The van der Waals surface area contributed by atoms with Gasteiger partial charge in [-0.25, -0.2) is 15.0 Å². The van der Waals surface area contributed by atoms with Crippen molar-refractivity contribution in [1.82, 2.24) is 29.7 Å². The molecule has 0 bridgehead atoms. The third-order valence-electron chi connectivity index (χ3n) is 6.46. The first-order chi connectivity index (χ1) is 16.0. The first-order valence-corrected chi connectivity index (χ1v) is 11.6. The third-order valence-corrected chi connectivity index (χ3v) is 6.46. The van der Waals surface area contributed by atoms with Crippen molar-refractivity contribution < 1.29 is 9.59 Å². The van der Waals surface area contributed by atoms with Crippen LogP contribution in [0.5, 0.6) is 0 Å². The highest BCUT2D eigenvalue weighted by molar-refractivity contribution is 5.92. The largest absolute Gasteiger partial charge is 0.356 e. The van der Waals surface area contributed by atoms with Crippen molar-refractivity contribution in [3.05, 3.63) is 36.0 Å². The molecule has 9 heteroatoms. The summed E-state index contributed by atoms with van der Waals surface area (Å²) in [4.78, 5) is 48.0. The first kappa shape index (κ1) is 21.4. The van der Waals surface area contributed by atoms with Crippen molar-refractivity contribution in [2.75, 3.05) is 45.2 Å². The Morgan fingerprint density at radius 1 is 1.00 bits per heavy atom. The highest BCUT2D eigenvalue weighted by Gasteiger charge is 2.31. The van der Waals surface area contributed by atoms with Gasteiger partial charge in [0.15, 0.2) is 11.5 Å². The summed E-state index contributed by atoms with van der Waals surface area (Å²) in [5.74, 6) is 1.59. The molecule has 2 amide bonds. The van der Waals surface area contributed by atoms with Crippen molar-refractivity contribution >= 4 is 28.8 Å². The predicted octanol–water partition coefficient (Wildman–Crippen LogP) is 2.56. The number of aromatic amines is 1. The lowest BCUT2D eigenvalue weighted by Gasteiger charge is -2.34. The zero-order chi connectivity index (χ0) is 22.9. The SMILES string of the molecule is CN(C)C(=O)c1cccc(-c2nc3ccc(N4CCCC(C(=O)N5CCCC5)C4)nc3[nH]2)n1. The molecule has 1 N–H and O–H groups in total. The van der Waals surface area contributed by atoms with Gasteiger partial charge in [0.1, 0.15) is 22.7 Å². The average molecular weight is 448 g/mol. The van der Waals surface area contributed by atoms with E-state index in [4.69, 9.17) is 4.98 Å². The number of hydrogen-bond acceptors (Lipinski definition) is 6. The van der Waals surface area contributed by atoms with Gasteiger partial charge in [-0.3, -0.25) is 9.59 Å². The number of rotatable bonds is 4. The number of carbonyl (C=O) groups is 2. The van der Waals surface area contributed by atoms with Crippen LogP contribution in [0.15, 0.2) is 30.3 Å². The van der Waals surface area contributed by atoms with Gasteiger partial charge in [-0.15, -0.1) is 0 Å². The molecule has 5 heterocycles. The van der Waals surface area contributed by atoms with E-state index in [2.05, 4.69) is 19.9 Å². The Kier molecular flexibility index (Phi) is 5.70. The monoisotopic (exact) mass is 447 g/mol. The van der Waals surface area contributed by atoms with E-state index < -0.39 is 0 Å². The maximum Gasteiger partial charge on any atom is 0.271 e. The minimum absolute atomic E-state index is 0.0350. The molecule has 172 valence electrons. The van der Waals surface area contributed by atoms with Gasteiger partial charge in [0, 0.05) is 40.3 Å². The number of hydrogen-bond donors (Lipinski definition) is 1. The van der Waals surface area contributed by atoms with E-state index in [-0.39, 0.29) is 11.8 Å². The van der Waals surface area contributed by atoms with Crippen molar-refractivity contribution in [1.29, 1.82) is 0 Å². The second kappa shape index (κ2) is 8.80. The van der Waals surface area contributed by atoms with Crippen LogP contribution in [0.1, 0.15) is 36.2 Å². The summed E-state index contributed by atoms with van der Waals surface area (Å²) in [7, 11) is 3.40. The number of H-pyrrole nitrogens is 1. The number of imidazole rings is 1. The molecule has 2 aliphatic rings. The van der Waals surface area contributed by atoms with Gasteiger partial charge < -0.3 is 19.7 Å². The summed E-state index contributed by atoms with van der Waals surface area (Å²) in [5, 5.41) is 0. The van der Waals surface area contributed by atoms with Crippen LogP contribution in [0.3, 0.4) is 0 Å². The second-order valence-corrected chi connectivity index (χ2v) is 9.05. The molecule has 1 unspecified atom stereocenters. The summed E-state index contributed by atoms with van der Waals surface area (Å²) < 4.78 is 0. The number of amides is 2. The maximum atomic E-state index is 12.9. The molecule has 0 aliphatic carbocycles. The summed E-state index contributed by atoms with van der Waals surface area (Å²) in [6, 6.07) is 9.23. The minimum Gasteiger partial charge on any atom is -0.356 e. The number of aromatic nitrogens is 4. The van der Waals surface area contributed by atoms with Crippen LogP contribution in [-0.4, -0.2) is 81.8 Å². The number of fused-ring (bicyclic) bond motifs is 1. The highest BCUT2D eigenvalue weighted by Crippen LogP contribution is 2.26. The maximum absolute atomic E-state index is 12.9. The normalized spacial score (nSPS) is 18.7. The summed E-state index contributed by atoms with van der Waals surface area (Å²) in [5.41, 5.74) is 2.37. The van der Waals surface area contributed by atoms with E-state index in [0.717, 1.165) is 56.7 Å². The summed E-state index contributed by atoms with van der Waals surface area (Å²) in [6.07, 6.45) is 4.15. The molecule has 3 aromatic rings. The van der Waals surface area contributed by atoms with Gasteiger partial charge in [0.2, 0.25) is 5.91 Å². The van der Waals surface area contributed by atoms with E-state index in [0.29, 0.717) is 35.3 Å². The molecule has 0 radical (unpaired) electrons. The summed E-state index contributed by atoms with van der Waals surface area (Å²) in [6.45, 7) is 3.38. The van der Waals surface area contributed by atoms with Gasteiger partial charge in [-0.1, -0.05) is 6.07 Å². The fourth-order valence-electron chi connectivity index (χ4n) is 4.68. The van der Waals surface area contributed by atoms with Crippen LogP contribution < -0.4 is 4.90 Å². The fourth-order valence-corrected chi connectivity index (χ4v) is 4.68. The van der Waals surface area contributed by atoms with Crippen LogP contribution in [0.4, 0.5) is 5.82 Å². The molecule has 5 rings (SSSR count). The molecule has 0 spiro atoms. The molecule has 1 atom stereocenters. The van der Waals surface area contributed by atoms with Crippen molar-refractivity contribution in [3.63, 3.8) is 0 Å². The number of anilines is 1. The van der Waals surface area contributed by atoms with Crippen LogP contribution in [0, 0.1) is 5.92 Å². The van der Waals surface area contributed by atoms with Crippen molar-refractivity contribution in [3.8, 4) is 11.5 Å².